The van der Waals surface area contributed by atoms with Gasteiger partial charge in [0.25, 0.3) is 5.91 Å². The standard InChI is InChI=1S/C17H21ClN4O/c1-11(6-12-9-19-22(3)10-12)20-16(23)15-8-13-7-14(18)4-5-17(13,2)21-15/h4-5,7,9-11,13H,6,8H2,1-3H3,(H,20,23). The highest BCUT2D eigenvalue weighted by Gasteiger charge is 2.40. The second kappa shape index (κ2) is 5.96. The molecular weight excluding hydrogens is 312 g/mol. The number of amides is 1. The molecule has 0 saturated heterocycles. The van der Waals surface area contributed by atoms with Gasteiger partial charge in [0.05, 0.1) is 11.7 Å². The van der Waals surface area contributed by atoms with Crippen LogP contribution in [0.15, 0.2) is 40.6 Å². The average Bonchev–Trinajstić information content (AvgIpc) is 3.02. The first-order valence-corrected chi connectivity index (χ1v) is 8.17. The van der Waals surface area contributed by atoms with Crippen LogP contribution in [-0.2, 0) is 18.3 Å². The van der Waals surface area contributed by atoms with Crippen LogP contribution in [0.25, 0.3) is 0 Å². The van der Waals surface area contributed by atoms with Crippen LogP contribution in [0, 0.1) is 5.92 Å². The molecule has 1 N–H and O–H groups in total. The molecule has 23 heavy (non-hydrogen) atoms. The van der Waals surface area contributed by atoms with E-state index in [0.717, 1.165) is 12.0 Å². The maximum atomic E-state index is 12.5. The number of nitrogens with zero attached hydrogens (tertiary/aromatic N) is 3. The number of fused-ring (bicyclic) bond motifs is 1. The Bertz CT molecular complexity index is 718. The molecule has 0 saturated carbocycles. The molecule has 0 bridgehead atoms. The van der Waals surface area contributed by atoms with Crippen LogP contribution in [0.1, 0.15) is 25.8 Å². The molecule has 2 heterocycles. The van der Waals surface area contributed by atoms with Crippen LogP contribution in [0.2, 0.25) is 0 Å². The van der Waals surface area contributed by atoms with E-state index in [1.165, 1.54) is 0 Å². The molecule has 0 radical (unpaired) electrons. The van der Waals surface area contributed by atoms with Crippen LogP contribution in [0.3, 0.4) is 0 Å². The van der Waals surface area contributed by atoms with Gasteiger partial charge < -0.3 is 5.32 Å². The van der Waals surface area contributed by atoms with E-state index in [0.29, 0.717) is 17.2 Å². The number of allylic oxidation sites excluding steroid dienone is 2. The summed E-state index contributed by atoms with van der Waals surface area (Å²) in [6.45, 7) is 4.03. The number of carbonyl (C=O) groups is 1. The maximum absolute atomic E-state index is 12.5. The van der Waals surface area contributed by atoms with Crippen molar-refractivity contribution in [2.24, 2.45) is 18.0 Å². The SMILES string of the molecule is CC(Cc1cnn(C)c1)NC(=O)C1=NC2(C)C=CC(Cl)=CC2C1. The number of hydrogen-bond donors (Lipinski definition) is 1. The Morgan fingerprint density at radius 1 is 1.61 bits per heavy atom. The van der Waals surface area contributed by atoms with Gasteiger partial charge in [0, 0.05) is 36.7 Å². The summed E-state index contributed by atoms with van der Waals surface area (Å²) in [5.74, 6) is 0.0734. The number of hydrogen-bond acceptors (Lipinski definition) is 3. The molecule has 1 amide bonds. The number of carbonyl (C=O) groups excluding carboxylic acids is 1. The largest absolute Gasteiger partial charge is 0.348 e. The third-order valence-corrected chi connectivity index (χ3v) is 4.67. The molecule has 122 valence electrons. The minimum atomic E-state index is -0.350. The number of aryl methyl sites for hydroxylation is 1. The molecule has 1 aliphatic carbocycles. The zero-order chi connectivity index (χ0) is 16.6. The Morgan fingerprint density at radius 2 is 2.39 bits per heavy atom. The van der Waals surface area contributed by atoms with Crippen molar-refractivity contribution in [3.05, 3.63) is 41.2 Å². The summed E-state index contributed by atoms with van der Waals surface area (Å²) in [6.07, 6.45) is 11.0. The lowest BCUT2D eigenvalue weighted by atomic mass is 9.83. The molecule has 2 aliphatic rings. The highest BCUT2D eigenvalue weighted by atomic mass is 35.5. The van der Waals surface area contributed by atoms with Gasteiger partial charge in [0.15, 0.2) is 0 Å². The molecular formula is C17H21ClN4O. The van der Waals surface area contributed by atoms with Gasteiger partial charge in [-0.1, -0.05) is 23.8 Å². The van der Waals surface area contributed by atoms with E-state index < -0.39 is 0 Å². The van der Waals surface area contributed by atoms with Crippen molar-refractivity contribution >= 4 is 23.2 Å². The van der Waals surface area contributed by atoms with Crippen molar-refractivity contribution in [1.29, 1.82) is 0 Å². The van der Waals surface area contributed by atoms with E-state index in [-0.39, 0.29) is 23.4 Å². The molecule has 3 rings (SSSR count). The first-order valence-electron chi connectivity index (χ1n) is 7.79. The van der Waals surface area contributed by atoms with E-state index in [1.54, 1.807) is 4.68 Å². The maximum Gasteiger partial charge on any atom is 0.265 e. The summed E-state index contributed by atoms with van der Waals surface area (Å²) in [4.78, 5) is 17.1. The van der Waals surface area contributed by atoms with Crippen LogP contribution in [0.4, 0.5) is 0 Å². The summed E-state index contributed by atoms with van der Waals surface area (Å²) in [5, 5.41) is 7.90. The topological polar surface area (TPSA) is 59.3 Å². The first-order chi connectivity index (χ1) is 10.9. The van der Waals surface area contributed by atoms with Gasteiger partial charge in [-0.2, -0.15) is 5.10 Å². The Kier molecular flexibility index (Phi) is 4.15. The first kappa shape index (κ1) is 16.0. The second-order valence-electron chi connectivity index (χ2n) is 6.58. The van der Waals surface area contributed by atoms with E-state index in [9.17, 15) is 4.79 Å². The van der Waals surface area contributed by atoms with Crippen LogP contribution < -0.4 is 5.32 Å². The second-order valence-corrected chi connectivity index (χ2v) is 7.02. The summed E-state index contributed by atoms with van der Waals surface area (Å²) in [5.41, 5.74) is 1.35. The monoisotopic (exact) mass is 332 g/mol. The number of halogens is 1. The molecule has 6 heteroatoms. The fourth-order valence-electron chi connectivity index (χ4n) is 3.15. The van der Waals surface area contributed by atoms with Gasteiger partial charge in [0.1, 0.15) is 5.71 Å². The third kappa shape index (κ3) is 3.39. The fraction of sp³-hybridized carbons (Fsp3) is 0.471. The molecule has 0 aromatic carbocycles. The third-order valence-electron chi connectivity index (χ3n) is 4.42. The van der Waals surface area contributed by atoms with E-state index in [1.807, 2.05) is 51.5 Å². The highest BCUT2D eigenvalue weighted by Crippen LogP contribution is 2.39. The van der Waals surface area contributed by atoms with Gasteiger partial charge in [-0.3, -0.25) is 14.5 Å². The number of aromatic nitrogens is 2. The molecule has 3 atom stereocenters. The van der Waals surface area contributed by atoms with Crippen LogP contribution in [-0.4, -0.2) is 33.0 Å². The number of rotatable bonds is 4. The minimum absolute atomic E-state index is 0.0273. The van der Waals surface area contributed by atoms with Gasteiger partial charge in [-0.05, 0) is 31.9 Å². The Balaban J connectivity index is 1.63. The normalized spacial score (nSPS) is 27.2. The van der Waals surface area contributed by atoms with Gasteiger partial charge in [-0.15, -0.1) is 0 Å². The van der Waals surface area contributed by atoms with Crippen LogP contribution in [0.5, 0.6) is 0 Å². The summed E-state index contributed by atoms with van der Waals surface area (Å²) in [6, 6.07) is 0.0273. The Labute approximate surface area is 141 Å². The number of nitrogens with one attached hydrogen (secondary N) is 1. The van der Waals surface area contributed by atoms with Crippen molar-refractivity contribution in [3.63, 3.8) is 0 Å². The van der Waals surface area contributed by atoms with E-state index in [2.05, 4.69) is 15.4 Å². The summed E-state index contributed by atoms with van der Waals surface area (Å²) in [7, 11) is 1.88. The predicted molar refractivity (Wildman–Crippen MR) is 91.5 cm³/mol. The van der Waals surface area contributed by atoms with Crippen molar-refractivity contribution in [1.82, 2.24) is 15.1 Å². The molecule has 0 fully saturated rings. The average molecular weight is 333 g/mol. The summed E-state index contributed by atoms with van der Waals surface area (Å²) >= 11 is 6.06. The predicted octanol–water partition coefficient (Wildman–Crippen LogP) is 2.38. The smallest absolute Gasteiger partial charge is 0.265 e. The molecule has 5 nitrogen and oxygen atoms in total. The zero-order valence-electron chi connectivity index (χ0n) is 13.6. The Hall–Kier alpha value is -1.88. The Morgan fingerprint density at radius 3 is 3.09 bits per heavy atom. The lowest BCUT2D eigenvalue weighted by Crippen LogP contribution is -2.38. The molecule has 3 unspecified atom stereocenters. The van der Waals surface area contributed by atoms with Crippen LogP contribution >= 0.6 is 11.6 Å². The zero-order valence-corrected chi connectivity index (χ0v) is 14.3. The van der Waals surface area contributed by atoms with E-state index in [4.69, 9.17) is 11.6 Å². The highest BCUT2D eigenvalue weighted by molar-refractivity contribution is 6.39. The minimum Gasteiger partial charge on any atom is -0.348 e. The number of aliphatic imine (C=N–C) groups is 1. The fourth-order valence-corrected chi connectivity index (χ4v) is 3.37. The van der Waals surface area contributed by atoms with Crippen molar-refractivity contribution < 1.29 is 4.79 Å². The van der Waals surface area contributed by atoms with Crippen molar-refractivity contribution in [2.45, 2.75) is 38.3 Å². The van der Waals surface area contributed by atoms with Gasteiger partial charge in [-0.25, -0.2) is 0 Å². The summed E-state index contributed by atoms with van der Waals surface area (Å²) < 4.78 is 1.76. The van der Waals surface area contributed by atoms with Gasteiger partial charge >= 0.3 is 0 Å². The molecule has 1 aromatic rings. The van der Waals surface area contributed by atoms with E-state index >= 15 is 0 Å². The quantitative estimate of drug-likeness (QED) is 0.920. The van der Waals surface area contributed by atoms with Gasteiger partial charge in [0.2, 0.25) is 0 Å². The lowest BCUT2D eigenvalue weighted by molar-refractivity contribution is -0.115. The molecule has 1 aromatic heterocycles. The van der Waals surface area contributed by atoms with Crippen molar-refractivity contribution in [3.8, 4) is 0 Å². The molecule has 1 aliphatic heterocycles. The lowest BCUT2D eigenvalue weighted by Gasteiger charge is -2.26. The van der Waals surface area contributed by atoms with Crippen molar-refractivity contribution in [2.75, 3.05) is 0 Å². The molecule has 0 spiro atoms.